The van der Waals surface area contributed by atoms with Crippen LogP contribution in [0.5, 0.6) is 0 Å². The first-order chi connectivity index (χ1) is 11.1. The van der Waals surface area contributed by atoms with E-state index in [9.17, 15) is 4.79 Å². The maximum absolute atomic E-state index is 12.5. The van der Waals surface area contributed by atoms with Crippen molar-refractivity contribution < 1.29 is 4.79 Å². The Balaban J connectivity index is 1.80. The van der Waals surface area contributed by atoms with E-state index in [-0.39, 0.29) is 5.91 Å². The summed E-state index contributed by atoms with van der Waals surface area (Å²) in [5, 5.41) is 14.9. The summed E-state index contributed by atoms with van der Waals surface area (Å²) in [5.41, 5.74) is 2.12. The van der Waals surface area contributed by atoms with Crippen LogP contribution in [-0.2, 0) is 6.54 Å². The fourth-order valence-corrected chi connectivity index (χ4v) is 2.31. The number of benzene rings is 2. The van der Waals surface area contributed by atoms with Crippen LogP contribution >= 0.6 is 11.6 Å². The third-order valence-corrected chi connectivity index (χ3v) is 3.62. The van der Waals surface area contributed by atoms with Crippen molar-refractivity contribution >= 4 is 17.5 Å². The molecule has 0 atom stereocenters. The summed E-state index contributed by atoms with van der Waals surface area (Å²) in [5.74, 6) is 0.424. The van der Waals surface area contributed by atoms with Crippen LogP contribution in [0.3, 0.4) is 0 Å². The molecule has 3 rings (SSSR count). The Morgan fingerprint density at radius 1 is 1.17 bits per heavy atom. The van der Waals surface area contributed by atoms with Gasteiger partial charge in [-0.2, -0.15) is 4.68 Å². The van der Waals surface area contributed by atoms with E-state index in [2.05, 4.69) is 20.8 Å². The summed E-state index contributed by atoms with van der Waals surface area (Å²) in [6.07, 6.45) is 0. The second kappa shape index (κ2) is 6.58. The molecule has 0 fully saturated rings. The van der Waals surface area contributed by atoms with Crippen molar-refractivity contribution in [1.29, 1.82) is 0 Å². The number of para-hydroxylation sites is 1. The minimum absolute atomic E-state index is 0.189. The van der Waals surface area contributed by atoms with Crippen molar-refractivity contribution in [3.8, 4) is 5.69 Å². The molecule has 6 nitrogen and oxygen atoms in total. The van der Waals surface area contributed by atoms with Crippen molar-refractivity contribution in [2.75, 3.05) is 0 Å². The number of hydrogen-bond donors (Lipinski definition) is 1. The number of hydrogen-bond acceptors (Lipinski definition) is 4. The van der Waals surface area contributed by atoms with Crippen LogP contribution in [0.15, 0.2) is 48.5 Å². The molecular formula is C16H14ClN5O. The predicted molar refractivity (Wildman–Crippen MR) is 86.5 cm³/mol. The number of aromatic nitrogens is 4. The normalized spacial score (nSPS) is 10.5. The lowest BCUT2D eigenvalue weighted by molar-refractivity contribution is 0.0950. The Morgan fingerprint density at radius 2 is 1.91 bits per heavy atom. The van der Waals surface area contributed by atoms with E-state index in [1.807, 2.05) is 18.2 Å². The molecule has 23 heavy (non-hydrogen) atoms. The maximum Gasteiger partial charge on any atom is 0.253 e. The van der Waals surface area contributed by atoms with Crippen LogP contribution in [0.2, 0.25) is 5.02 Å². The van der Waals surface area contributed by atoms with Crippen LogP contribution in [-0.4, -0.2) is 26.1 Å². The highest BCUT2D eigenvalue weighted by molar-refractivity contribution is 6.30. The van der Waals surface area contributed by atoms with Gasteiger partial charge in [0.1, 0.15) is 0 Å². The number of aryl methyl sites for hydroxylation is 1. The highest BCUT2D eigenvalue weighted by Gasteiger charge is 2.14. The molecule has 7 heteroatoms. The van der Waals surface area contributed by atoms with Gasteiger partial charge in [0.05, 0.1) is 11.3 Å². The molecule has 0 aliphatic rings. The molecule has 1 N–H and O–H groups in total. The van der Waals surface area contributed by atoms with Gasteiger partial charge in [0, 0.05) is 11.6 Å². The minimum Gasteiger partial charge on any atom is -0.348 e. The summed E-state index contributed by atoms with van der Waals surface area (Å²) in [6.45, 7) is 2.20. The van der Waals surface area contributed by atoms with Gasteiger partial charge in [-0.25, -0.2) is 0 Å². The zero-order valence-electron chi connectivity index (χ0n) is 12.4. The molecule has 0 radical (unpaired) electrons. The number of nitrogens with one attached hydrogen (secondary N) is 1. The Morgan fingerprint density at radius 3 is 2.61 bits per heavy atom. The second-order valence-electron chi connectivity index (χ2n) is 4.96. The first kappa shape index (κ1) is 15.2. The van der Waals surface area contributed by atoms with E-state index in [4.69, 9.17) is 11.6 Å². The molecule has 0 aliphatic carbocycles. The van der Waals surface area contributed by atoms with Crippen molar-refractivity contribution in [1.82, 2.24) is 25.5 Å². The molecule has 2 aromatic carbocycles. The fourth-order valence-electron chi connectivity index (χ4n) is 2.18. The summed E-state index contributed by atoms with van der Waals surface area (Å²) >= 11 is 5.85. The number of amides is 1. The third-order valence-electron chi connectivity index (χ3n) is 3.37. The zero-order chi connectivity index (χ0) is 16.2. The number of carbonyl (C=O) groups excluding carboxylic acids is 1. The fraction of sp³-hybridized carbons (Fsp3) is 0.125. The Kier molecular flexibility index (Phi) is 4.34. The Bertz CT molecular complexity index is 828. The molecule has 0 saturated carbocycles. The molecule has 1 amide bonds. The van der Waals surface area contributed by atoms with Gasteiger partial charge in [-0.05, 0) is 47.2 Å². The zero-order valence-corrected chi connectivity index (χ0v) is 13.2. The first-order valence-corrected chi connectivity index (χ1v) is 7.40. The van der Waals surface area contributed by atoms with Crippen molar-refractivity contribution in [3.63, 3.8) is 0 Å². The summed E-state index contributed by atoms with van der Waals surface area (Å²) in [7, 11) is 0. The molecule has 0 unspecified atom stereocenters. The van der Waals surface area contributed by atoms with Crippen LogP contribution in [0, 0.1) is 6.92 Å². The van der Waals surface area contributed by atoms with E-state index in [1.54, 1.807) is 37.3 Å². The molecule has 1 aromatic heterocycles. The van der Waals surface area contributed by atoms with Crippen LogP contribution < -0.4 is 5.32 Å². The molecule has 0 bridgehead atoms. The average Bonchev–Trinajstić information content (AvgIpc) is 3.00. The van der Waals surface area contributed by atoms with Crippen LogP contribution in [0.1, 0.15) is 21.7 Å². The molecular weight excluding hydrogens is 314 g/mol. The average molecular weight is 328 g/mol. The minimum atomic E-state index is -0.189. The van der Waals surface area contributed by atoms with E-state index in [0.29, 0.717) is 28.6 Å². The molecule has 3 aromatic rings. The summed E-state index contributed by atoms with van der Waals surface area (Å²) in [4.78, 5) is 12.5. The first-order valence-electron chi connectivity index (χ1n) is 7.02. The van der Waals surface area contributed by atoms with Gasteiger partial charge in [0.25, 0.3) is 5.91 Å². The van der Waals surface area contributed by atoms with Gasteiger partial charge < -0.3 is 5.32 Å². The highest BCUT2D eigenvalue weighted by atomic mass is 35.5. The van der Waals surface area contributed by atoms with E-state index in [1.165, 1.54) is 4.68 Å². The van der Waals surface area contributed by atoms with Gasteiger partial charge in [-0.1, -0.05) is 35.9 Å². The van der Waals surface area contributed by atoms with Gasteiger partial charge in [-0.15, -0.1) is 5.10 Å². The molecule has 1 heterocycles. The van der Waals surface area contributed by atoms with Crippen molar-refractivity contribution in [2.45, 2.75) is 13.5 Å². The van der Waals surface area contributed by atoms with E-state index >= 15 is 0 Å². The smallest absolute Gasteiger partial charge is 0.253 e. The number of rotatable bonds is 4. The number of carbonyl (C=O) groups is 1. The maximum atomic E-state index is 12.5. The Hall–Kier alpha value is -2.73. The lowest BCUT2D eigenvalue weighted by Gasteiger charge is -2.10. The molecule has 0 spiro atoms. The van der Waals surface area contributed by atoms with E-state index < -0.39 is 0 Å². The lowest BCUT2D eigenvalue weighted by Crippen LogP contribution is -2.24. The standard InChI is InChI=1S/C16H14ClN5O/c1-11-19-20-21-22(11)15-5-3-2-4-14(15)16(23)18-10-12-6-8-13(17)9-7-12/h2-9H,10H2,1H3,(H,18,23). The predicted octanol–water partition coefficient (Wildman–Crippen LogP) is 2.55. The third kappa shape index (κ3) is 3.37. The number of halogens is 1. The van der Waals surface area contributed by atoms with E-state index in [0.717, 1.165) is 5.56 Å². The topological polar surface area (TPSA) is 72.7 Å². The summed E-state index contributed by atoms with van der Waals surface area (Å²) < 4.78 is 1.54. The number of nitrogens with zero attached hydrogens (tertiary/aromatic N) is 4. The van der Waals surface area contributed by atoms with Crippen molar-refractivity contribution in [3.05, 3.63) is 70.5 Å². The van der Waals surface area contributed by atoms with Crippen LogP contribution in [0.25, 0.3) is 5.69 Å². The molecule has 0 aliphatic heterocycles. The molecule has 116 valence electrons. The second-order valence-corrected chi connectivity index (χ2v) is 5.40. The molecule has 0 saturated heterocycles. The lowest BCUT2D eigenvalue weighted by atomic mass is 10.1. The van der Waals surface area contributed by atoms with Crippen LogP contribution in [0.4, 0.5) is 0 Å². The monoisotopic (exact) mass is 327 g/mol. The van der Waals surface area contributed by atoms with Gasteiger partial charge in [0.15, 0.2) is 5.82 Å². The van der Waals surface area contributed by atoms with Gasteiger partial charge >= 0.3 is 0 Å². The quantitative estimate of drug-likeness (QED) is 0.799. The highest BCUT2D eigenvalue weighted by Crippen LogP contribution is 2.15. The Labute approximate surface area is 138 Å². The summed E-state index contributed by atoms with van der Waals surface area (Å²) in [6, 6.07) is 14.5. The van der Waals surface area contributed by atoms with Crippen molar-refractivity contribution in [2.24, 2.45) is 0 Å². The number of tetrazole rings is 1. The van der Waals surface area contributed by atoms with Gasteiger partial charge in [-0.3, -0.25) is 4.79 Å². The SMILES string of the molecule is Cc1nnnn1-c1ccccc1C(=O)NCc1ccc(Cl)cc1. The largest absolute Gasteiger partial charge is 0.348 e. The van der Waals surface area contributed by atoms with Gasteiger partial charge in [0.2, 0.25) is 0 Å².